The van der Waals surface area contributed by atoms with Gasteiger partial charge in [0.15, 0.2) is 17.4 Å². The zero-order valence-corrected chi connectivity index (χ0v) is 18.2. The van der Waals surface area contributed by atoms with Gasteiger partial charge in [-0.25, -0.2) is 17.2 Å². The van der Waals surface area contributed by atoms with Gasteiger partial charge in [-0.15, -0.1) is 0 Å². The second kappa shape index (κ2) is 8.88. The highest BCUT2D eigenvalue weighted by Crippen LogP contribution is 2.35. The number of nitrogens with one attached hydrogen (secondary N) is 2. The first-order valence-electron chi connectivity index (χ1n) is 8.24. The number of phenolic OH excluding ortho intramolecular Hbond substituents is 1. The van der Waals surface area contributed by atoms with E-state index in [4.69, 9.17) is 34.8 Å². The van der Waals surface area contributed by atoms with Gasteiger partial charge in [0.1, 0.15) is 4.90 Å². The van der Waals surface area contributed by atoms with Crippen LogP contribution in [0.3, 0.4) is 0 Å². The quantitative estimate of drug-likeness (QED) is 0.414. The predicted molar refractivity (Wildman–Crippen MR) is 115 cm³/mol. The lowest BCUT2D eigenvalue weighted by Gasteiger charge is -2.15. The number of rotatable bonds is 5. The third-order valence-corrected chi connectivity index (χ3v) is 6.05. The van der Waals surface area contributed by atoms with Crippen LogP contribution >= 0.6 is 34.8 Å². The zero-order chi connectivity index (χ0) is 22.9. The number of benzene rings is 3. The minimum absolute atomic E-state index is 0.0504. The number of carbonyl (C=O) groups is 1. The normalized spacial score (nSPS) is 11.3. The highest BCUT2D eigenvalue weighted by molar-refractivity contribution is 7.92. The van der Waals surface area contributed by atoms with Crippen LogP contribution in [0.1, 0.15) is 10.4 Å². The van der Waals surface area contributed by atoms with E-state index in [9.17, 15) is 27.1 Å². The van der Waals surface area contributed by atoms with E-state index in [-0.39, 0.29) is 32.0 Å². The lowest BCUT2D eigenvalue weighted by atomic mass is 10.1. The van der Waals surface area contributed by atoms with E-state index in [2.05, 4.69) is 10.0 Å². The molecular formula is C19H11Cl3F2N2O4S. The van der Waals surface area contributed by atoms with E-state index in [1.165, 1.54) is 12.1 Å². The van der Waals surface area contributed by atoms with Crippen molar-refractivity contribution in [3.8, 4) is 5.75 Å². The smallest absolute Gasteiger partial charge is 0.265 e. The van der Waals surface area contributed by atoms with E-state index in [1.807, 2.05) is 0 Å². The van der Waals surface area contributed by atoms with Gasteiger partial charge in [-0.05, 0) is 42.5 Å². The molecule has 162 valence electrons. The Morgan fingerprint density at radius 1 is 0.903 bits per heavy atom. The van der Waals surface area contributed by atoms with Crippen molar-refractivity contribution >= 4 is 62.1 Å². The van der Waals surface area contributed by atoms with E-state index in [0.717, 1.165) is 36.4 Å². The number of hydrogen-bond acceptors (Lipinski definition) is 4. The van der Waals surface area contributed by atoms with Crippen LogP contribution in [-0.2, 0) is 10.0 Å². The molecule has 3 rings (SSSR count). The fourth-order valence-electron chi connectivity index (χ4n) is 2.52. The molecule has 12 heteroatoms. The van der Waals surface area contributed by atoms with E-state index in [1.54, 1.807) is 0 Å². The highest BCUT2D eigenvalue weighted by Gasteiger charge is 2.24. The van der Waals surface area contributed by atoms with Gasteiger partial charge in [0.25, 0.3) is 15.9 Å². The summed E-state index contributed by atoms with van der Waals surface area (Å²) in [6.07, 6.45) is 0. The molecule has 0 atom stereocenters. The van der Waals surface area contributed by atoms with Crippen molar-refractivity contribution in [2.45, 2.75) is 4.90 Å². The van der Waals surface area contributed by atoms with Gasteiger partial charge in [-0.1, -0.05) is 34.8 Å². The Bertz CT molecular complexity index is 1300. The number of aromatic hydroxyl groups is 1. The summed E-state index contributed by atoms with van der Waals surface area (Å²) in [4.78, 5) is 12.0. The van der Waals surface area contributed by atoms with Crippen LogP contribution in [-0.4, -0.2) is 19.4 Å². The number of sulfonamides is 1. The summed E-state index contributed by atoms with van der Waals surface area (Å²) in [5.74, 6) is -3.86. The molecule has 1 amide bonds. The molecule has 3 aromatic carbocycles. The van der Waals surface area contributed by atoms with Crippen LogP contribution in [0.15, 0.2) is 53.4 Å². The molecular weight excluding hydrogens is 497 g/mol. The predicted octanol–water partition coefficient (Wildman–Crippen LogP) is 5.68. The summed E-state index contributed by atoms with van der Waals surface area (Å²) in [6, 6.07) is 8.54. The molecule has 0 saturated heterocycles. The van der Waals surface area contributed by atoms with Crippen LogP contribution in [0.4, 0.5) is 20.2 Å². The molecule has 0 radical (unpaired) electrons. The minimum Gasteiger partial charge on any atom is -0.505 e. The van der Waals surface area contributed by atoms with Gasteiger partial charge in [0.2, 0.25) is 0 Å². The number of phenols is 1. The average molecular weight is 508 g/mol. The molecule has 6 nitrogen and oxygen atoms in total. The first kappa shape index (κ1) is 23.1. The maximum absolute atomic E-state index is 13.4. The van der Waals surface area contributed by atoms with Crippen LogP contribution < -0.4 is 10.0 Å². The Morgan fingerprint density at radius 3 is 2.29 bits per heavy atom. The average Bonchev–Trinajstić information content (AvgIpc) is 2.67. The lowest BCUT2D eigenvalue weighted by Crippen LogP contribution is -2.19. The van der Waals surface area contributed by atoms with Gasteiger partial charge in [-0.3, -0.25) is 9.52 Å². The van der Waals surface area contributed by atoms with Gasteiger partial charge < -0.3 is 10.4 Å². The largest absolute Gasteiger partial charge is 0.505 e. The van der Waals surface area contributed by atoms with Gasteiger partial charge >= 0.3 is 0 Å². The van der Waals surface area contributed by atoms with Crippen LogP contribution in [0.2, 0.25) is 15.1 Å². The van der Waals surface area contributed by atoms with Gasteiger partial charge in [0, 0.05) is 21.8 Å². The fraction of sp³-hybridized carbons (Fsp3) is 0. The van der Waals surface area contributed by atoms with E-state index in [0.29, 0.717) is 0 Å². The Labute approximate surface area is 190 Å². The molecule has 0 spiro atoms. The highest BCUT2D eigenvalue weighted by atomic mass is 35.5. The third kappa shape index (κ3) is 5.19. The molecule has 0 heterocycles. The Hall–Kier alpha value is -2.59. The molecule has 3 aromatic rings. The standard InChI is InChI=1S/C19H11Cl3F2N2O4S/c20-9-1-3-12(19(28)25-11-2-4-14(23)15(24)8-11)16(6-9)26-31(29,30)17-7-10(21)5-13(22)18(17)27/h1-8,26-27H,(H,25,28). The van der Waals surface area contributed by atoms with Crippen LogP contribution in [0, 0.1) is 11.6 Å². The first-order chi connectivity index (χ1) is 14.5. The van der Waals surface area contributed by atoms with Crippen LogP contribution in [0.25, 0.3) is 0 Å². The summed E-state index contributed by atoms with van der Waals surface area (Å²) in [7, 11) is -4.46. The van der Waals surface area contributed by atoms with Gasteiger partial charge in [-0.2, -0.15) is 0 Å². The molecule has 0 aromatic heterocycles. The maximum Gasteiger partial charge on any atom is 0.265 e. The van der Waals surface area contributed by atoms with Crippen molar-refractivity contribution in [3.05, 3.63) is 80.8 Å². The lowest BCUT2D eigenvalue weighted by molar-refractivity contribution is 0.102. The first-order valence-corrected chi connectivity index (χ1v) is 10.9. The van der Waals surface area contributed by atoms with Crippen molar-refractivity contribution in [1.29, 1.82) is 0 Å². The molecule has 3 N–H and O–H groups in total. The Kier molecular flexibility index (Phi) is 6.61. The van der Waals surface area contributed by atoms with Crippen molar-refractivity contribution < 1.29 is 27.1 Å². The fourth-order valence-corrected chi connectivity index (χ4v) is 4.52. The number of carbonyl (C=O) groups excluding carboxylic acids is 1. The molecule has 31 heavy (non-hydrogen) atoms. The number of halogens is 5. The number of hydrogen-bond donors (Lipinski definition) is 3. The molecule has 0 fully saturated rings. The van der Waals surface area contributed by atoms with Crippen molar-refractivity contribution in [1.82, 2.24) is 0 Å². The SMILES string of the molecule is O=C(Nc1ccc(F)c(F)c1)c1ccc(Cl)cc1NS(=O)(=O)c1cc(Cl)cc(Cl)c1O. The molecule has 0 bridgehead atoms. The number of anilines is 2. The summed E-state index contributed by atoms with van der Waals surface area (Å²) in [6.45, 7) is 0. The second-order valence-electron chi connectivity index (χ2n) is 6.11. The van der Waals surface area contributed by atoms with Crippen LogP contribution in [0.5, 0.6) is 5.75 Å². The second-order valence-corrected chi connectivity index (χ2v) is 9.04. The molecule has 0 aliphatic rings. The van der Waals surface area contributed by atoms with E-state index < -0.39 is 38.2 Å². The molecule has 0 saturated carbocycles. The molecule has 0 aliphatic heterocycles. The van der Waals surface area contributed by atoms with E-state index >= 15 is 0 Å². The molecule has 0 aliphatic carbocycles. The van der Waals surface area contributed by atoms with Crippen molar-refractivity contribution in [2.24, 2.45) is 0 Å². The van der Waals surface area contributed by atoms with Crippen molar-refractivity contribution in [2.75, 3.05) is 10.0 Å². The zero-order valence-electron chi connectivity index (χ0n) is 15.1. The Balaban J connectivity index is 1.98. The monoisotopic (exact) mass is 506 g/mol. The number of amides is 1. The van der Waals surface area contributed by atoms with Gasteiger partial charge in [0.05, 0.1) is 16.3 Å². The molecule has 0 unspecified atom stereocenters. The minimum atomic E-state index is -4.46. The maximum atomic E-state index is 13.4. The summed E-state index contributed by atoms with van der Waals surface area (Å²) in [5.41, 5.74) is -0.500. The summed E-state index contributed by atoms with van der Waals surface area (Å²) < 4.78 is 54.2. The Morgan fingerprint density at radius 2 is 1.61 bits per heavy atom. The summed E-state index contributed by atoms with van der Waals surface area (Å²) >= 11 is 17.5. The van der Waals surface area contributed by atoms with Crippen molar-refractivity contribution in [3.63, 3.8) is 0 Å². The topological polar surface area (TPSA) is 95.5 Å². The third-order valence-electron chi connectivity index (χ3n) is 3.93. The summed E-state index contributed by atoms with van der Waals surface area (Å²) in [5, 5.41) is 12.1.